The normalized spacial score (nSPS) is 27.0. The van der Waals surface area contributed by atoms with Crippen LogP contribution in [0, 0.1) is 5.41 Å². The van der Waals surface area contributed by atoms with Gasteiger partial charge in [0, 0.05) is 0 Å². The Balaban J connectivity index is 1.72. The first-order valence-corrected chi connectivity index (χ1v) is 8.40. The first kappa shape index (κ1) is 19.4. The summed E-state index contributed by atoms with van der Waals surface area (Å²) in [7, 11) is 0. The number of aliphatic hydroxyl groups excluding tert-OH is 3. The van der Waals surface area contributed by atoms with E-state index in [1.807, 2.05) is 0 Å². The van der Waals surface area contributed by atoms with E-state index in [1.54, 1.807) is 20.8 Å². The summed E-state index contributed by atoms with van der Waals surface area (Å²) in [5, 5.41) is 30.5. The van der Waals surface area contributed by atoms with E-state index < -0.39 is 42.0 Å². The molecule has 0 bridgehead atoms. The third-order valence-corrected chi connectivity index (χ3v) is 4.43. The number of anilines is 1. The minimum Gasteiger partial charge on any atom is -0.461 e. The van der Waals surface area contributed by atoms with Crippen LogP contribution in [-0.4, -0.2) is 71.8 Å². The van der Waals surface area contributed by atoms with Crippen LogP contribution in [0.2, 0.25) is 0 Å². The van der Waals surface area contributed by atoms with Gasteiger partial charge in [0.05, 0.1) is 6.33 Å². The van der Waals surface area contributed by atoms with Crippen LogP contribution in [0.15, 0.2) is 12.7 Å². The Morgan fingerprint density at radius 3 is 2.70 bits per heavy atom. The summed E-state index contributed by atoms with van der Waals surface area (Å²) in [6.07, 6.45) is -3.32. The smallest absolute Gasteiger partial charge is 0.335 e. The number of hydrogen-bond acceptors (Lipinski definition) is 10. The van der Waals surface area contributed by atoms with Gasteiger partial charge in [0.1, 0.15) is 36.8 Å². The number of fused-ring (bicyclic) bond motifs is 1. The molecule has 2 aromatic rings. The van der Waals surface area contributed by atoms with Crippen molar-refractivity contribution in [1.29, 1.82) is 0 Å². The zero-order valence-corrected chi connectivity index (χ0v) is 15.2. The lowest BCUT2D eigenvalue weighted by Crippen LogP contribution is -2.39. The van der Waals surface area contributed by atoms with Gasteiger partial charge in [-0.15, -0.1) is 0 Å². The van der Waals surface area contributed by atoms with E-state index in [4.69, 9.17) is 15.2 Å². The average molecular weight is 381 g/mol. The van der Waals surface area contributed by atoms with Crippen molar-refractivity contribution in [1.82, 2.24) is 19.5 Å². The van der Waals surface area contributed by atoms with E-state index in [9.17, 15) is 20.1 Å². The number of aliphatic hydroxyl groups is 3. The maximum Gasteiger partial charge on any atom is 0.335 e. The van der Waals surface area contributed by atoms with Crippen LogP contribution in [0.1, 0.15) is 27.0 Å². The SMILES string of the molecule is CC(C)(C)C(O)C(=O)OC[C@H]1O[C@@H](n2cnc3c(N)ncnc32)[C@H](O)[C@@H]1O. The average Bonchev–Trinajstić information content (AvgIpc) is 3.15. The number of imidazole rings is 1. The van der Waals surface area contributed by atoms with Crippen LogP contribution in [0.5, 0.6) is 0 Å². The summed E-state index contributed by atoms with van der Waals surface area (Å²) in [4.78, 5) is 23.9. The number of rotatable bonds is 4. The fraction of sp³-hybridized carbons (Fsp3) is 0.625. The molecular weight excluding hydrogens is 358 g/mol. The van der Waals surface area contributed by atoms with Gasteiger partial charge < -0.3 is 30.5 Å². The van der Waals surface area contributed by atoms with Gasteiger partial charge in [0.15, 0.2) is 23.8 Å². The van der Waals surface area contributed by atoms with Crippen molar-refractivity contribution < 1.29 is 29.6 Å². The molecule has 1 fully saturated rings. The quantitative estimate of drug-likeness (QED) is 0.481. The highest BCUT2D eigenvalue weighted by Gasteiger charge is 2.45. The van der Waals surface area contributed by atoms with Crippen molar-refractivity contribution in [3.8, 4) is 0 Å². The second-order valence-corrected chi connectivity index (χ2v) is 7.53. The van der Waals surface area contributed by atoms with Gasteiger partial charge in [-0.25, -0.2) is 19.7 Å². The molecule has 0 amide bonds. The Morgan fingerprint density at radius 1 is 1.33 bits per heavy atom. The molecule has 11 heteroatoms. The van der Waals surface area contributed by atoms with E-state index >= 15 is 0 Å². The number of carbonyl (C=O) groups is 1. The number of hydrogen-bond donors (Lipinski definition) is 4. The molecule has 27 heavy (non-hydrogen) atoms. The molecule has 1 aliphatic heterocycles. The summed E-state index contributed by atoms with van der Waals surface area (Å²) in [5.41, 5.74) is 5.72. The summed E-state index contributed by atoms with van der Waals surface area (Å²) in [6.45, 7) is 4.75. The van der Waals surface area contributed by atoms with E-state index in [2.05, 4.69) is 15.0 Å². The standard InChI is InChI=1S/C16H23N5O6/c1-16(2,3)11(24)15(25)26-4-7-9(22)10(23)14(27-7)21-6-20-8-12(17)18-5-19-13(8)21/h5-7,9-11,14,22-24H,4H2,1-3H3,(H2,17,18,19)/t7-,9-,10-,11?,14-/m1/s1. The second kappa shape index (κ2) is 7.00. The Kier molecular flexibility index (Phi) is 5.04. The molecule has 148 valence electrons. The lowest BCUT2D eigenvalue weighted by Gasteiger charge is -2.24. The number of esters is 1. The van der Waals surface area contributed by atoms with Crippen molar-refractivity contribution in [3.63, 3.8) is 0 Å². The molecule has 5 N–H and O–H groups in total. The highest BCUT2D eigenvalue weighted by molar-refractivity contribution is 5.81. The number of carbonyl (C=O) groups excluding carboxylic acids is 1. The molecule has 0 radical (unpaired) electrons. The lowest BCUT2D eigenvalue weighted by molar-refractivity contribution is -0.165. The largest absolute Gasteiger partial charge is 0.461 e. The van der Waals surface area contributed by atoms with Crippen LogP contribution in [0.3, 0.4) is 0 Å². The molecule has 2 aromatic heterocycles. The molecule has 1 aliphatic rings. The molecule has 5 atom stereocenters. The molecule has 11 nitrogen and oxygen atoms in total. The molecule has 1 saturated heterocycles. The summed E-state index contributed by atoms with van der Waals surface area (Å²) >= 11 is 0. The second-order valence-electron chi connectivity index (χ2n) is 7.53. The van der Waals surface area contributed by atoms with Crippen LogP contribution in [0.4, 0.5) is 5.82 Å². The van der Waals surface area contributed by atoms with Crippen LogP contribution < -0.4 is 5.73 Å². The molecule has 0 saturated carbocycles. The first-order chi connectivity index (χ1) is 12.6. The Bertz CT molecular complexity index is 834. The molecule has 3 rings (SSSR count). The van der Waals surface area contributed by atoms with E-state index in [0.29, 0.717) is 11.2 Å². The molecular formula is C16H23N5O6. The topological polar surface area (TPSA) is 166 Å². The van der Waals surface area contributed by atoms with Crippen LogP contribution in [0.25, 0.3) is 11.2 Å². The molecule has 0 aliphatic carbocycles. The van der Waals surface area contributed by atoms with E-state index in [0.717, 1.165) is 0 Å². The minimum absolute atomic E-state index is 0.174. The summed E-state index contributed by atoms with van der Waals surface area (Å²) in [5.74, 6) is -0.654. The van der Waals surface area contributed by atoms with Gasteiger partial charge in [-0.05, 0) is 5.41 Å². The number of nitrogens with zero attached hydrogens (tertiary/aromatic N) is 4. The van der Waals surface area contributed by atoms with Gasteiger partial charge in [0.25, 0.3) is 0 Å². The van der Waals surface area contributed by atoms with Crippen molar-refractivity contribution in [2.75, 3.05) is 12.3 Å². The monoisotopic (exact) mass is 381 g/mol. The third-order valence-electron chi connectivity index (χ3n) is 4.43. The van der Waals surface area contributed by atoms with Crippen molar-refractivity contribution in [2.24, 2.45) is 5.41 Å². The lowest BCUT2D eigenvalue weighted by atomic mass is 9.89. The zero-order valence-electron chi connectivity index (χ0n) is 15.2. The highest BCUT2D eigenvalue weighted by Crippen LogP contribution is 2.32. The maximum atomic E-state index is 11.9. The maximum absolute atomic E-state index is 11.9. The number of nitrogens with two attached hydrogens (primary N) is 1. The third kappa shape index (κ3) is 3.58. The van der Waals surface area contributed by atoms with E-state index in [1.165, 1.54) is 17.2 Å². The Morgan fingerprint density at radius 2 is 2.04 bits per heavy atom. The van der Waals surface area contributed by atoms with Gasteiger partial charge in [-0.1, -0.05) is 20.8 Å². The van der Waals surface area contributed by atoms with Crippen molar-refractivity contribution in [3.05, 3.63) is 12.7 Å². The predicted molar refractivity (Wildman–Crippen MR) is 92.1 cm³/mol. The molecule has 0 aromatic carbocycles. The molecule has 1 unspecified atom stereocenters. The Labute approximate surface area is 154 Å². The first-order valence-electron chi connectivity index (χ1n) is 8.40. The van der Waals surface area contributed by atoms with Gasteiger partial charge >= 0.3 is 5.97 Å². The molecule has 3 heterocycles. The summed E-state index contributed by atoms with van der Waals surface area (Å²) < 4.78 is 12.1. The summed E-state index contributed by atoms with van der Waals surface area (Å²) in [6, 6.07) is 0. The fourth-order valence-corrected chi connectivity index (χ4v) is 2.75. The molecule has 0 spiro atoms. The highest BCUT2D eigenvalue weighted by atomic mass is 16.6. The minimum atomic E-state index is -1.32. The van der Waals surface area contributed by atoms with Crippen LogP contribution >= 0.6 is 0 Å². The van der Waals surface area contributed by atoms with Gasteiger partial charge in [-0.3, -0.25) is 4.57 Å². The fourth-order valence-electron chi connectivity index (χ4n) is 2.75. The number of ether oxygens (including phenoxy) is 2. The van der Waals surface area contributed by atoms with E-state index in [-0.39, 0.29) is 12.4 Å². The Hall–Kier alpha value is -2.34. The van der Waals surface area contributed by atoms with Crippen molar-refractivity contribution >= 4 is 23.0 Å². The zero-order chi connectivity index (χ0) is 19.9. The van der Waals surface area contributed by atoms with Gasteiger partial charge in [0.2, 0.25) is 0 Å². The number of nitrogen functional groups attached to an aromatic ring is 1. The van der Waals surface area contributed by atoms with Crippen LogP contribution in [-0.2, 0) is 14.3 Å². The predicted octanol–water partition coefficient (Wildman–Crippen LogP) is -1.02. The van der Waals surface area contributed by atoms with Gasteiger partial charge in [-0.2, -0.15) is 0 Å². The number of aromatic nitrogens is 4. The van der Waals surface area contributed by atoms with Crippen molar-refractivity contribution in [2.45, 2.75) is 51.4 Å².